The molecule has 0 bridgehead atoms. The first-order valence-corrected chi connectivity index (χ1v) is 6.28. The highest BCUT2D eigenvalue weighted by Crippen LogP contribution is 2.09. The topological polar surface area (TPSA) is 21.3 Å². The lowest BCUT2D eigenvalue weighted by Crippen LogP contribution is -2.30. The fraction of sp³-hybridized carbons (Fsp3) is 0.571. The van der Waals surface area contributed by atoms with Crippen molar-refractivity contribution >= 4 is 0 Å². The van der Waals surface area contributed by atoms with E-state index < -0.39 is 0 Å². The zero-order valence-corrected chi connectivity index (χ0v) is 10.4. The molecule has 0 aliphatic rings. The van der Waals surface area contributed by atoms with E-state index in [1.54, 1.807) is 0 Å². The molecular weight excluding hydrogens is 198 g/mol. The second kappa shape index (κ2) is 8.17. The number of rotatable bonds is 8. The molecule has 0 amide bonds. The second-order valence-corrected chi connectivity index (χ2v) is 4.01. The summed E-state index contributed by atoms with van der Waals surface area (Å²) in [6.07, 6.45) is 3.43. The summed E-state index contributed by atoms with van der Waals surface area (Å²) < 4.78 is 5.68. The maximum atomic E-state index is 5.68. The Hall–Kier alpha value is -1.02. The molecule has 0 aromatic heterocycles. The van der Waals surface area contributed by atoms with Crippen LogP contribution in [-0.4, -0.2) is 19.2 Å². The Balaban J connectivity index is 2.18. The molecule has 0 unspecified atom stereocenters. The molecule has 0 aliphatic heterocycles. The number of ether oxygens (including phenoxy) is 1. The monoisotopic (exact) mass is 221 g/mol. The summed E-state index contributed by atoms with van der Waals surface area (Å²) in [6, 6.07) is 10.6. The fourth-order valence-electron chi connectivity index (χ4n) is 1.63. The van der Waals surface area contributed by atoms with Gasteiger partial charge in [-0.15, -0.1) is 0 Å². The minimum absolute atomic E-state index is 0.587. The molecule has 1 aromatic carbocycles. The van der Waals surface area contributed by atoms with Crippen LogP contribution in [0, 0.1) is 0 Å². The van der Waals surface area contributed by atoms with Gasteiger partial charge in [0.2, 0.25) is 0 Å². The molecule has 16 heavy (non-hydrogen) atoms. The van der Waals surface area contributed by atoms with Crippen molar-refractivity contribution in [3.8, 4) is 5.75 Å². The Morgan fingerprint density at radius 3 is 2.56 bits per heavy atom. The van der Waals surface area contributed by atoms with E-state index in [-0.39, 0.29) is 0 Å². The van der Waals surface area contributed by atoms with Gasteiger partial charge in [0.1, 0.15) is 5.75 Å². The highest BCUT2D eigenvalue weighted by molar-refractivity contribution is 5.20. The van der Waals surface area contributed by atoms with Gasteiger partial charge in [-0.3, -0.25) is 0 Å². The van der Waals surface area contributed by atoms with E-state index in [0.717, 1.165) is 31.7 Å². The lowest BCUT2D eigenvalue weighted by atomic mass is 10.1. The van der Waals surface area contributed by atoms with Crippen LogP contribution < -0.4 is 10.1 Å². The van der Waals surface area contributed by atoms with Gasteiger partial charge in [-0.05, 0) is 37.9 Å². The van der Waals surface area contributed by atoms with Gasteiger partial charge in [0.05, 0.1) is 6.61 Å². The van der Waals surface area contributed by atoms with E-state index in [2.05, 4.69) is 19.2 Å². The third-order valence-electron chi connectivity index (χ3n) is 2.65. The summed E-state index contributed by atoms with van der Waals surface area (Å²) in [5.74, 6) is 0.966. The molecule has 0 saturated heterocycles. The van der Waals surface area contributed by atoms with E-state index >= 15 is 0 Å². The minimum atomic E-state index is 0.587. The maximum Gasteiger partial charge on any atom is 0.119 e. The van der Waals surface area contributed by atoms with Crippen LogP contribution >= 0.6 is 0 Å². The molecule has 1 N–H and O–H groups in total. The van der Waals surface area contributed by atoms with E-state index in [4.69, 9.17) is 4.74 Å². The van der Waals surface area contributed by atoms with E-state index in [1.165, 1.54) is 6.42 Å². The second-order valence-electron chi connectivity index (χ2n) is 4.01. The molecular formula is C14H23NO. The van der Waals surface area contributed by atoms with Gasteiger partial charge in [-0.2, -0.15) is 0 Å². The third kappa shape index (κ3) is 5.17. The molecule has 0 fully saturated rings. The van der Waals surface area contributed by atoms with Crippen molar-refractivity contribution in [1.82, 2.24) is 5.32 Å². The van der Waals surface area contributed by atoms with Crippen LogP contribution in [0.25, 0.3) is 0 Å². The average Bonchev–Trinajstić information content (AvgIpc) is 2.35. The molecule has 0 radical (unpaired) electrons. The summed E-state index contributed by atoms with van der Waals surface area (Å²) in [5.41, 5.74) is 0. The number of hydrogen-bond acceptors (Lipinski definition) is 2. The first-order valence-electron chi connectivity index (χ1n) is 6.28. The smallest absolute Gasteiger partial charge is 0.119 e. The van der Waals surface area contributed by atoms with Crippen molar-refractivity contribution in [2.75, 3.05) is 13.2 Å². The van der Waals surface area contributed by atoms with Crippen LogP contribution in [0.3, 0.4) is 0 Å². The van der Waals surface area contributed by atoms with Gasteiger partial charge in [0.15, 0.2) is 0 Å². The first-order chi connectivity index (χ1) is 7.86. The van der Waals surface area contributed by atoms with Crippen molar-refractivity contribution < 1.29 is 4.74 Å². The number of nitrogens with one attached hydrogen (secondary N) is 1. The molecule has 0 spiro atoms. The highest BCUT2D eigenvalue weighted by Gasteiger charge is 2.04. The van der Waals surface area contributed by atoms with Crippen molar-refractivity contribution in [1.29, 1.82) is 0 Å². The van der Waals surface area contributed by atoms with Gasteiger partial charge in [-0.1, -0.05) is 32.0 Å². The highest BCUT2D eigenvalue weighted by atomic mass is 16.5. The van der Waals surface area contributed by atoms with Gasteiger partial charge >= 0.3 is 0 Å². The summed E-state index contributed by atoms with van der Waals surface area (Å²) in [7, 11) is 0. The Morgan fingerprint density at radius 2 is 1.94 bits per heavy atom. The number of benzene rings is 1. The van der Waals surface area contributed by atoms with E-state index in [0.29, 0.717) is 6.04 Å². The zero-order valence-electron chi connectivity index (χ0n) is 10.4. The lowest BCUT2D eigenvalue weighted by molar-refractivity contribution is 0.283. The van der Waals surface area contributed by atoms with Crippen LogP contribution in [0.4, 0.5) is 0 Å². The predicted octanol–water partition coefficient (Wildman–Crippen LogP) is 3.23. The molecule has 1 atom stereocenters. The molecule has 90 valence electrons. The van der Waals surface area contributed by atoms with Crippen LogP contribution in [0.2, 0.25) is 0 Å². The fourth-order valence-corrected chi connectivity index (χ4v) is 1.63. The Kier molecular flexibility index (Phi) is 6.66. The normalized spacial score (nSPS) is 12.4. The quantitative estimate of drug-likeness (QED) is 0.727. The molecule has 2 heteroatoms. The van der Waals surface area contributed by atoms with E-state index in [9.17, 15) is 0 Å². The van der Waals surface area contributed by atoms with Gasteiger partial charge in [-0.25, -0.2) is 0 Å². The van der Waals surface area contributed by atoms with E-state index in [1.807, 2.05) is 30.3 Å². The molecule has 2 nitrogen and oxygen atoms in total. The Morgan fingerprint density at radius 1 is 1.19 bits per heavy atom. The van der Waals surface area contributed by atoms with Crippen LogP contribution in [0.1, 0.15) is 33.1 Å². The predicted molar refractivity (Wildman–Crippen MR) is 68.9 cm³/mol. The lowest BCUT2D eigenvalue weighted by Gasteiger charge is -2.16. The first kappa shape index (κ1) is 13.0. The van der Waals surface area contributed by atoms with Gasteiger partial charge < -0.3 is 10.1 Å². The van der Waals surface area contributed by atoms with Crippen LogP contribution in [-0.2, 0) is 0 Å². The average molecular weight is 221 g/mol. The molecule has 0 saturated carbocycles. The summed E-state index contributed by atoms with van der Waals surface area (Å²) in [6.45, 7) is 6.30. The molecule has 0 heterocycles. The Labute approximate surface area is 99.0 Å². The minimum Gasteiger partial charge on any atom is -0.494 e. The van der Waals surface area contributed by atoms with Crippen molar-refractivity contribution in [3.05, 3.63) is 30.3 Å². The van der Waals surface area contributed by atoms with Crippen molar-refractivity contribution in [3.63, 3.8) is 0 Å². The molecule has 0 aliphatic carbocycles. The largest absolute Gasteiger partial charge is 0.494 e. The standard InChI is InChI=1S/C14H23NO/c1-3-11-15-13(4-2)10-12-16-14-8-6-5-7-9-14/h5-9,13,15H,3-4,10-12H2,1-2H3/t13-/m0/s1. The van der Waals surface area contributed by atoms with Gasteiger partial charge in [0, 0.05) is 6.04 Å². The number of para-hydroxylation sites is 1. The van der Waals surface area contributed by atoms with Gasteiger partial charge in [0.25, 0.3) is 0 Å². The maximum absolute atomic E-state index is 5.68. The number of hydrogen-bond donors (Lipinski definition) is 1. The van der Waals surface area contributed by atoms with Crippen molar-refractivity contribution in [2.24, 2.45) is 0 Å². The third-order valence-corrected chi connectivity index (χ3v) is 2.65. The van der Waals surface area contributed by atoms with Crippen LogP contribution in [0.5, 0.6) is 5.75 Å². The van der Waals surface area contributed by atoms with Crippen LogP contribution in [0.15, 0.2) is 30.3 Å². The molecule has 1 rings (SSSR count). The molecule has 1 aromatic rings. The summed E-state index contributed by atoms with van der Waals surface area (Å²) in [4.78, 5) is 0. The zero-order chi connectivity index (χ0) is 11.6. The van der Waals surface area contributed by atoms with Crippen molar-refractivity contribution in [2.45, 2.75) is 39.2 Å². The SMILES string of the molecule is CCCN[C@@H](CC)CCOc1ccccc1. The Bertz CT molecular complexity index is 261. The summed E-state index contributed by atoms with van der Waals surface area (Å²) >= 11 is 0. The summed E-state index contributed by atoms with van der Waals surface area (Å²) in [5, 5.41) is 3.53.